The van der Waals surface area contributed by atoms with Crippen molar-refractivity contribution in [3.63, 3.8) is 0 Å². The normalized spacial score (nSPS) is 15.8. The molecule has 6 heteroatoms. The van der Waals surface area contributed by atoms with Gasteiger partial charge in [0.15, 0.2) is 27.8 Å². The van der Waals surface area contributed by atoms with Gasteiger partial charge in [-0.05, 0) is 60.5 Å². The molecule has 0 saturated heterocycles. The van der Waals surface area contributed by atoms with Gasteiger partial charge in [0.25, 0.3) is 0 Å². The van der Waals surface area contributed by atoms with Crippen molar-refractivity contribution in [2.75, 3.05) is 13.2 Å². The van der Waals surface area contributed by atoms with E-state index in [9.17, 15) is 10.2 Å². The molecular weight excluding hydrogens is 505 g/mol. The molecule has 38 heavy (non-hydrogen) atoms. The van der Waals surface area contributed by atoms with Crippen LogP contribution in [-0.4, -0.2) is 51.3 Å². The zero-order valence-electron chi connectivity index (χ0n) is 24.9. The summed E-state index contributed by atoms with van der Waals surface area (Å²) in [5.74, 6) is 12.1. The number of hydrogen-bond donors (Lipinski definition) is 2. The molecule has 0 unspecified atom stereocenters. The molecule has 0 aromatic heterocycles. The summed E-state index contributed by atoms with van der Waals surface area (Å²) in [5.41, 5.74) is -2.57. The highest BCUT2D eigenvalue weighted by atomic mass is 28.4. The van der Waals surface area contributed by atoms with E-state index in [1.807, 2.05) is 60.7 Å². The predicted octanol–water partition coefficient (Wildman–Crippen LogP) is 6.60. The molecule has 0 aliphatic heterocycles. The molecule has 2 N–H and O–H groups in total. The Labute approximate surface area is 233 Å². The minimum Gasteiger partial charge on any atom is -0.413 e. The maximum Gasteiger partial charge on any atom is 0.192 e. The second-order valence-electron chi connectivity index (χ2n) is 13.1. The van der Waals surface area contributed by atoms with E-state index in [2.05, 4.69) is 91.4 Å². The Morgan fingerprint density at radius 2 is 0.868 bits per heavy atom. The van der Waals surface area contributed by atoms with E-state index in [-0.39, 0.29) is 23.3 Å². The van der Waals surface area contributed by atoms with Gasteiger partial charge in [-0.2, -0.15) is 0 Å². The van der Waals surface area contributed by atoms with Gasteiger partial charge in [-0.15, -0.1) is 0 Å². The van der Waals surface area contributed by atoms with Crippen LogP contribution in [-0.2, 0) is 8.85 Å². The van der Waals surface area contributed by atoms with E-state index in [0.717, 1.165) is 11.1 Å². The summed E-state index contributed by atoms with van der Waals surface area (Å²) in [6.45, 7) is 20.9. The van der Waals surface area contributed by atoms with E-state index in [1.165, 1.54) is 0 Å². The fraction of sp³-hybridized carbons (Fsp3) is 0.500. The van der Waals surface area contributed by atoms with E-state index < -0.39 is 27.8 Å². The van der Waals surface area contributed by atoms with Crippen LogP contribution in [0.5, 0.6) is 0 Å². The van der Waals surface area contributed by atoms with Crippen LogP contribution in [0.3, 0.4) is 0 Å². The monoisotopic (exact) mass is 550 g/mol. The van der Waals surface area contributed by atoms with Gasteiger partial charge in [0.2, 0.25) is 0 Å². The molecule has 0 radical (unpaired) electrons. The number of aliphatic hydroxyl groups is 2. The first kappa shape index (κ1) is 32.0. The zero-order chi connectivity index (χ0) is 28.9. The molecule has 2 atom stereocenters. The molecule has 0 aliphatic rings. The first-order valence-electron chi connectivity index (χ1n) is 13.2. The van der Waals surface area contributed by atoms with Crippen molar-refractivity contribution in [2.45, 2.75) is 89.0 Å². The van der Waals surface area contributed by atoms with Crippen molar-refractivity contribution >= 4 is 16.6 Å². The molecule has 0 bridgehead atoms. The predicted molar refractivity (Wildman–Crippen MR) is 163 cm³/mol. The van der Waals surface area contributed by atoms with Crippen LogP contribution >= 0.6 is 0 Å². The van der Waals surface area contributed by atoms with Crippen LogP contribution < -0.4 is 0 Å². The third-order valence-electron chi connectivity index (χ3n) is 7.96. The minimum absolute atomic E-state index is 0.0910. The largest absolute Gasteiger partial charge is 0.413 e. The number of hydrogen-bond acceptors (Lipinski definition) is 4. The van der Waals surface area contributed by atoms with Gasteiger partial charge in [-0.25, -0.2) is 0 Å². The van der Waals surface area contributed by atoms with Gasteiger partial charge >= 0.3 is 0 Å². The summed E-state index contributed by atoms with van der Waals surface area (Å²) < 4.78 is 12.9. The van der Waals surface area contributed by atoms with Crippen molar-refractivity contribution in [3.8, 4) is 23.7 Å². The van der Waals surface area contributed by atoms with Gasteiger partial charge in [-0.1, -0.05) is 102 Å². The van der Waals surface area contributed by atoms with E-state index in [0.29, 0.717) is 0 Å². The molecule has 2 aromatic rings. The molecule has 2 aromatic carbocycles. The van der Waals surface area contributed by atoms with Crippen LogP contribution in [0.1, 0.15) is 52.7 Å². The third-order valence-corrected chi connectivity index (χ3v) is 16.9. The molecule has 0 heterocycles. The summed E-state index contributed by atoms with van der Waals surface area (Å²) in [4.78, 5) is 0. The summed E-state index contributed by atoms with van der Waals surface area (Å²) in [7, 11) is -4.59. The molecule has 0 amide bonds. The van der Waals surface area contributed by atoms with E-state index in [4.69, 9.17) is 8.85 Å². The third kappa shape index (κ3) is 8.17. The van der Waals surface area contributed by atoms with Gasteiger partial charge in [-0.3, -0.25) is 0 Å². The SMILES string of the molecule is CC(C)(C)[Si](C)(C)OC[C@](O)(C#Cc1ccccc1)[C@@](O)(C#Cc1ccccc1)CO[Si](C)(C)C(C)(C)C. The standard InChI is InChI=1S/C32H46O4Si2/c1-29(2,3)37(7,8)35-25-31(33,23-21-27-17-13-11-14-18-27)32(34,24-22-28-19-15-12-16-20-28)26-36-38(9,10)30(4,5)6/h11-20,33-34H,25-26H2,1-10H3/t31-,32-/m1/s1. The lowest BCUT2D eigenvalue weighted by Crippen LogP contribution is -2.61. The molecule has 0 spiro atoms. The highest BCUT2D eigenvalue weighted by Crippen LogP contribution is 2.40. The topological polar surface area (TPSA) is 58.9 Å². The molecule has 0 aliphatic carbocycles. The highest BCUT2D eigenvalue weighted by molar-refractivity contribution is 6.74. The Bertz CT molecular complexity index is 1080. The quantitative estimate of drug-likeness (QED) is 0.301. The van der Waals surface area contributed by atoms with Gasteiger partial charge in [0.05, 0.1) is 13.2 Å². The average Bonchev–Trinajstić information content (AvgIpc) is 2.84. The second kappa shape index (κ2) is 11.9. The lowest BCUT2D eigenvalue weighted by molar-refractivity contribution is -0.120. The van der Waals surface area contributed by atoms with Crippen LogP contribution in [0.15, 0.2) is 60.7 Å². The van der Waals surface area contributed by atoms with Crippen LogP contribution in [0, 0.1) is 23.7 Å². The van der Waals surface area contributed by atoms with Crippen molar-refractivity contribution in [1.29, 1.82) is 0 Å². The molecule has 0 saturated carbocycles. The minimum atomic E-state index is -2.30. The lowest BCUT2D eigenvalue weighted by Gasteiger charge is -2.44. The van der Waals surface area contributed by atoms with Crippen molar-refractivity contribution in [2.24, 2.45) is 0 Å². The van der Waals surface area contributed by atoms with E-state index in [1.54, 1.807) is 0 Å². The summed E-state index contributed by atoms with van der Waals surface area (Å²) in [5, 5.41) is 24.2. The first-order valence-corrected chi connectivity index (χ1v) is 19.0. The number of rotatable bonds is 7. The average molecular weight is 551 g/mol. The van der Waals surface area contributed by atoms with Gasteiger partial charge in [0.1, 0.15) is 0 Å². The fourth-order valence-electron chi connectivity index (χ4n) is 2.91. The zero-order valence-corrected chi connectivity index (χ0v) is 26.9. The molecule has 0 fully saturated rings. The Morgan fingerprint density at radius 3 is 1.13 bits per heavy atom. The molecular formula is C32H46O4Si2. The fourth-order valence-corrected chi connectivity index (χ4v) is 4.92. The molecule has 206 valence electrons. The summed E-state index contributed by atoms with van der Waals surface area (Å²) in [6, 6.07) is 18.8. The lowest BCUT2D eigenvalue weighted by atomic mass is 9.84. The van der Waals surface area contributed by atoms with Crippen molar-refractivity contribution < 1.29 is 19.1 Å². The maximum absolute atomic E-state index is 12.2. The van der Waals surface area contributed by atoms with E-state index >= 15 is 0 Å². The van der Waals surface area contributed by atoms with Crippen molar-refractivity contribution in [3.05, 3.63) is 71.8 Å². The maximum atomic E-state index is 12.2. The Kier molecular flexibility index (Phi) is 10.1. The second-order valence-corrected chi connectivity index (χ2v) is 22.7. The van der Waals surface area contributed by atoms with Crippen LogP contribution in [0.4, 0.5) is 0 Å². The first-order chi connectivity index (χ1) is 17.3. The highest BCUT2D eigenvalue weighted by Gasteiger charge is 2.52. The molecule has 4 nitrogen and oxygen atoms in total. The van der Waals surface area contributed by atoms with Gasteiger partial charge in [0, 0.05) is 11.1 Å². The summed E-state index contributed by atoms with van der Waals surface area (Å²) >= 11 is 0. The summed E-state index contributed by atoms with van der Waals surface area (Å²) in [6.07, 6.45) is 0. The number of benzene rings is 2. The van der Waals surface area contributed by atoms with Crippen LogP contribution in [0.25, 0.3) is 0 Å². The Balaban J connectivity index is 2.65. The Hall–Kier alpha value is -2.17. The van der Waals surface area contributed by atoms with Crippen molar-refractivity contribution in [1.82, 2.24) is 0 Å². The van der Waals surface area contributed by atoms with Gasteiger partial charge < -0.3 is 19.1 Å². The van der Waals surface area contributed by atoms with Crippen LogP contribution in [0.2, 0.25) is 36.3 Å². The molecule has 2 rings (SSSR count). The smallest absolute Gasteiger partial charge is 0.192 e. The Morgan fingerprint density at radius 1 is 0.579 bits per heavy atom.